The number of rotatable bonds is 8. The van der Waals surface area contributed by atoms with Crippen molar-refractivity contribution in [2.45, 2.75) is 19.5 Å². The first-order chi connectivity index (χ1) is 12.5. The zero-order valence-corrected chi connectivity index (χ0v) is 15.3. The van der Waals surface area contributed by atoms with Crippen molar-refractivity contribution in [3.63, 3.8) is 0 Å². The minimum Gasteiger partial charge on any atom is -0.337 e. The molecule has 0 saturated heterocycles. The molecule has 0 radical (unpaired) electrons. The Hall–Kier alpha value is -2.91. The molecule has 0 aliphatic rings. The monoisotopic (exact) mass is 352 g/mol. The molecule has 136 valence electrons. The molecule has 0 N–H and O–H groups in total. The van der Waals surface area contributed by atoms with Crippen LogP contribution in [0, 0.1) is 11.3 Å². The van der Waals surface area contributed by atoms with E-state index in [-0.39, 0.29) is 17.9 Å². The standard InChI is InChI=1S/C20H24N4O2/c1-22(2)12-13-24(16-18-7-5-6-17(14-18)15-21)20(26)9-11-23-10-4-3-8-19(23)25/h3-8,10,14H,9,11-13,16H2,1-2H3. The Morgan fingerprint density at radius 1 is 1.15 bits per heavy atom. The van der Waals surface area contributed by atoms with Crippen molar-refractivity contribution in [2.75, 3.05) is 27.2 Å². The molecule has 6 heteroatoms. The third-order valence-electron chi connectivity index (χ3n) is 4.06. The number of likely N-dealkylation sites (N-methyl/N-ethyl adjacent to an activating group) is 1. The molecule has 0 aliphatic carbocycles. The van der Waals surface area contributed by atoms with Gasteiger partial charge in [-0.05, 0) is 37.9 Å². The third-order valence-corrected chi connectivity index (χ3v) is 4.06. The van der Waals surface area contributed by atoms with Gasteiger partial charge in [0.05, 0.1) is 11.6 Å². The van der Waals surface area contributed by atoms with Crippen LogP contribution in [0.4, 0.5) is 0 Å². The second kappa shape index (κ2) is 9.54. The fourth-order valence-electron chi connectivity index (χ4n) is 2.59. The average molecular weight is 352 g/mol. The van der Waals surface area contributed by atoms with Crippen molar-refractivity contribution >= 4 is 5.91 Å². The number of carbonyl (C=O) groups is 1. The Morgan fingerprint density at radius 3 is 2.65 bits per heavy atom. The van der Waals surface area contributed by atoms with Gasteiger partial charge in [0, 0.05) is 44.9 Å². The predicted molar refractivity (Wildman–Crippen MR) is 100 cm³/mol. The van der Waals surface area contributed by atoms with E-state index in [0.29, 0.717) is 25.2 Å². The topological polar surface area (TPSA) is 69.3 Å². The molecule has 0 atom stereocenters. The summed E-state index contributed by atoms with van der Waals surface area (Å²) >= 11 is 0. The molecular formula is C20H24N4O2. The van der Waals surface area contributed by atoms with Gasteiger partial charge in [-0.3, -0.25) is 9.59 Å². The van der Waals surface area contributed by atoms with Crippen LogP contribution in [-0.4, -0.2) is 47.5 Å². The van der Waals surface area contributed by atoms with Crippen molar-refractivity contribution in [1.82, 2.24) is 14.4 Å². The SMILES string of the molecule is CN(C)CCN(Cc1cccc(C#N)c1)C(=O)CCn1ccccc1=O. The van der Waals surface area contributed by atoms with Crippen molar-refractivity contribution in [1.29, 1.82) is 5.26 Å². The predicted octanol–water partition coefficient (Wildman–Crippen LogP) is 1.70. The van der Waals surface area contributed by atoms with Crippen LogP contribution >= 0.6 is 0 Å². The largest absolute Gasteiger partial charge is 0.337 e. The number of nitrogens with zero attached hydrogens (tertiary/aromatic N) is 4. The first-order valence-corrected chi connectivity index (χ1v) is 8.56. The van der Waals surface area contributed by atoms with E-state index in [1.165, 1.54) is 6.07 Å². The van der Waals surface area contributed by atoms with Crippen LogP contribution in [0.1, 0.15) is 17.5 Å². The molecule has 0 saturated carbocycles. The van der Waals surface area contributed by atoms with Crippen LogP contribution in [0.15, 0.2) is 53.5 Å². The lowest BCUT2D eigenvalue weighted by Crippen LogP contribution is -2.37. The van der Waals surface area contributed by atoms with Gasteiger partial charge in [0.2, 0.25) is 5.91 Å². The number of nitriles is 1. The third kappa shape index (κ3) is 5.87. The van der Waals surface area contributed by atoms with Crippen molar-refractivity contribution in [3.8, 4) is 6.07 Å². The zero-order valence-electron chi connectivity index (χ0n) is 15.3. The summed E-state index contributed by atoms with van der Waals surface area (Å²) in [6.07, 6.45) is 1.95. The van der Waals surface area contributed by atoms with Crippen LogP contribution in [0.2, 0.25) is 0 Å². The Labute approximate surface area is 153 Å². The highest BCUT2D eigenvalue weighted by atomic mass is 16.2. The highest BCUT2D eigenvalue weighted by Gasteiger charge is 2.15. The van der Waals surface area contributed by atoms with Crippen LogP contribution in [0.5, 0.6) is 0 Å². The summed E-state index contributed by atoms with van der Waals surface area (Å²) in [7, 11) is 3.92. The van der Waals surface area contributed by atoms with E-state index < -0.39 is 0 Å². The molecule has 1 aromatic carbocycles. The fraction of sp³-hybridized carbons (Fsp3) is 0.350. The summed E-state index contributed by atoms with van der Waals surface area (Å²) < 4.78 is 1.54. The average Bonchev–Trinajstić information content (AvgIpc) is 2.64. The highest BCUT2D eigenvalue weighted by Crippen LogP contribution is 2.09. The zero-order chi connectivity index (χ0) is 18.9. The summed E-state index contributed by atoms with van der Waals surface area (Å²) in [6.45, 7) is 2.14. The van der Waals surface area contributed by atoms with Crippen molar-refractivity contribution < 1.29 is 4.79 Å². The molecule has 0 unspecified atom stereocenters. The van der Waals surface area contributed by atoms with Gasteiger partial charge in [-0.15, -0.1) is 0 Å². The van der Waals surface area contributed by atoms with Crippen molar-refractivity contribution in [2.24, 2.45) is 0 Å². The second-order valence-corrected chi connectivity index (χ2v) is 6.41. The van der Waals surface area contributed by atoms with Gasteiger partial charge in [-0.2, -0.15) is 5.26 Å². The van der Waals surface area contributed by atoms with Crippen LogP contribution in [-0.2, 0) is 17.9 Å². The van der Waals surface area contributed by atoms with Gasteiger partial charge in [-0.25, -0.2) is 0 Å². The van der Waals surface area contributed by atoms with Gasteiger partial charge >= 0.3 is 0 Å². The number of hydrogen-bond acceptors (Lipinski definition) is 4. The van der Waals surface area contributed by atoms with E-state index in [9.17, 15) is 9.59 Å². The number of carbonyl (C=O) groups excluding carboxylic acids is 1. The number of amides is 1. The first-order valence-electron chi connectivity index (χ1n) is 8.56. The Morgan fingerprint density at radius 2 is 1.96 bits per heavy atom. The van der Waals surface area contributed by atoms with Crippen LogP contribution in [0.25, 0.3) is 0 Å². The molecule has 6 nitrogen and oxygen atoms in total. The van der Waals surface area contributed by atoms with Gasteiger partial charge < -0.3 is 14.4 Å². The molecule has 1 amide bonds. The Balaban J connectivity index is 2.07. The Kier molecular flexibility index (Phi) is 7.12. The van der Waals surface area contributed by atoms with Gasteiger partial charge in [0.15, 0.2) is 0 Å². The van der Waals surface area contributed by atoms with Crippen LogP contribution in [0.3, 0.4) is 0 Å². The lowest BCUT2D eigenvalue weighted by atomic mass is 10.1. The van der Waals surface area contributed by atoms with E-state index >= 15 is 0 Å². The second-order valence-electron chi connectivity index (χ2n) is 6.41. The summed E-state index contributed by atoms with van der Waals surface area (Å²) in [5, 5.41) is 9.05. The molecule has 26 heavy (non-hydrogen) atoms. The molecule has 0 fully saturated rings. The van der Waals surface area contributed by atoms with E-state index in [4.69, 9.17) is 5.26 Å². The molecule has 0 spiro atoms. The summed E-state index contributed by atoms with van der Waals surface area (Å²) in [5.41, 5.74) is 1.40. The molecule has 1 aromatic heterocycles. The molecule has 2 rings (SSSR count). The minimum atomic E-state index is -0.109. The van der Waals surface area contributed by atoms with Crippen molar-refractivity contribution in [3.05, 3.63) is 70.1 Å². The molecule has 0 bridgehead atoms. The normalized spacial score (nSPS) is 10.5. The smallest absolute Gasteiger partial charge is 0.250 e. The maximum absolute atomic E-state index is 12.7. The molecule has 0 aliphatic heterocycles. The number of aryl methyl sites for hydroxylation is 1. The maximum atomic E-state index is 12.7. The Bertz CT molecular complexity index is 836. The lowest BCUT2D eigenvalue weighted by Gasteiger charge is -2.25. The highest BCUT2D eigenvalue weighted by molar-refractivity contribution is 5.76. The summed E-state index contributed by atoms with van der Waals surface area (Å²) in [5.74, 6) is -0.00929. The maximum Gasteiger partial charge on any atom is 0.250 e. The summed E-state index contributed by atoms with van der Waals surface area (Å²) in [6, 6.07) is 14.4. The fourth-order valence-corrected chi connectivity index (χ4v) is 2.59. The molecule has 2 aromatic rings. The lowest BCUT2D eigenvalue weighted by molar-refractivity contribution is -0.132. The first kappa shape index (κ1) is 19.4. The molecular weight excluding hydrogens is 328 g/mol. The number of hydrogen-bond donors (Lipinski definition) is 0. The van der Waals surface area contributed by atoms with E-state index in [2.05, 4.69) is 6.07 Å². The summed E-state index contributed by atoms with van der Waals surface area (Å²) in [4.78, 5) is 28.3. The number of benzene rings is 1. The quantitative estimate of drug-likeness (QED) is 0.725. The van der Waals surface area contributed by atoms with Gasteiger partial charge in [0.1, 0.15) is 0 Å². The van der Waals surface area contributed by atoms with E-state index in [1.807, 2.05) is 31.1 Å². The van der Waals surface area contributed by atoms with E-state index in [1.54, 1.807) is 39.9 Å². The number of pyridine rings is 1. The van der Waals surface area contributed by atoms with Gasteiger partial charge in [0.25, 0.3) is 5.56 Å². The minimum absolute atomic E-state index is 0.00929. The molecule has 1 heterocycles. The van der Waals surface area contributed by atoms with Crippen LogP contribution < -0.4 is 5.56 Å². The number of aromatic nitrogens is 1. The van der Waals surface area contributed by atoms with E-state index in [0.717, 1.165) is 12.1 Å². The van der Waals surface area contributed by atoms with Gasteiger partial charge in [-0.1, -0.05) is 18.2 Å².